The summed E-state index contributed by atoms with van der Waals surface area (Å²) in [7, 11) is 0. The van der Waals surface area contributed by atoms with Crippen LogP contribution < -0.4 is 11.5 Å². The molecule has 0 saturated carbocycles. The Balaban J connectivity index is 1.88. The van der Waals surface area contributed by atoms with E-state index in [1.807, 2.05) is 25.1 Å². The molecule has 4 N–H and O–H groups in total. The van der Waals surface area contributed by atoms with Gasteiger partial charge in [-0.3, -0.25) is 0 Å². The molecule has 4 heteroatoms. The van der Waals surface area contributed by atoms with Crippen molar-refractivity contribution in [2.75, 3.05) is 18.1 Å². The lowest BCUT2D eigenvalue weighted by Crippen LogP contribution is -2.11. The molecule has 0 aliphatic heterocycles. The lowest BCUT2D eigenvalue weighted by molar-refractivity contribution is 0.0502. The number of nitrogens with two attached hydrogens (primary N) is 2. The van der Waals surface area contributed by atoms with Gasteiger partial charge in [0.05, 0.1) is 23.5 Å². The fourth-order valence-electron chi connectivity index (χ4n) is 2.16. The Bertz CT molecular complexity index is 624. The Morgan fingerprint density at radius 1 is 1.14 bits per heavy atom. The maximum Gasteiger partial charge on any atom is 0.340 e. The molecule has 0 radical (unpaired) electrons. The van der Waals surface area contributed by atoms with E-state index in [0.29, 0.717) is 17.9 Å². The smallest absolute Gasteiger partial charge is 0.340 e. The average Bonchev–Trinajstić information content (AvgIpc) is 2.48. The van der Waals surface area contributed by atoms with E-state index in [2.05, 4.69) is 12.1 Å². The van der Waals surface area contributed by atoms with Gasteiger partial charge in [0.15, 0.2) is 0 Å². The summed E-state index contributed by atoms with van der Waals surface area (Å²) in [6.45, 7) is 2.23. The molecule has 0 atom stereocenters. The summed E-state index contributed by atoms with van der Waals surface area (Å²) in [4.78, 5) is 12.0. The summed E-state index contributed by atoms with van der Waals surface area (Å²) in [6, 6.07) is 13.5. The molecule has 0 aromatic heterocycles. The highest BCUT2D eigenvalue weighted by molar-refractivity contribution is 5.98. The molecule has 4 nitrogen and oxygen atoms in total. The number of carbonyl (C=O) groups is 1. The van der Waals surface area contributed by atoms with Gasteiger partial charge in [-0.2, -0.15) is 0 Å². The molecule has 2 rings (SSSR count). The highest BCUT2D eigenvalue weighted by atomic mass is 16.5. The Kier molecular flexibility index (Phi) is 4.82. The Labute approximate surface area is 124 Å². The van der Waals surface area contributed by atoms with E-state index in [1.165, 1.54) is 5.56 Å². The molecule has 0 bridgehead atoms. The van der Waals surface area contributed by atoms with Gasteiger partial charge >= 0.3 is 5.97 Å². The standard InChI is InChI=1S/C17H20N2O2/c1-12-10-14(16(19)15(18)11-12)17(20)21-9-5-8-13-6-3-2-4-7-13/h2-4,6-7,10-11H,5,8-9,18-19H2,1H3. The molecule has 2 aromatic rings. The van der Waals surface area contributed by atoms with E-state index >= 15 is 0 Å². The summed E-state index contributed by atoms with van der Waals surface area (Å²) < 4.78 is 5.27. The van der Waals surface area contributed by atoms with E-state index in [9.17, 15) is 4.79 Å². The van der Waals surface area contributed by atoms with E-state index in [4.69, 9.17) is 16.2 Å². The zero-order valence-corrected chi connectivity index (χ0v) is 12.1. The number of hydrogen-bond donors (Lipinski definition) is 2. The normalized spacial score (nSPS) is 10.3. The number of esters is 1. The predicted octanol–water partition coefficient (Wildman–Crippen LogP) is 2.95. The van der Waals surface area contributed by atoms with E-state index < -0.39 is 5.97 Å². The molecule has 0 fully saturated rings. The van der Waals surface area contributed by atoms with Gasteiger partial charge in [0.25, 0.3) is 0 Å². The van der Waals surface area contributed by atoms with Crippen molar-refractivity contribution < 1.29 is 9.53 Å². The third-order valence-electron chi connectivity index (χ3n) is 3.26. The Morgan fingerprint density at radius 2 is 1.86 bits per heavy atom. The Hall–Kier alpha value is -2.49. The molecule has 0 spiro atoms. The van der Waals surface area contributed by atoms with Crippen molar-refractivity contribution in [3.63, 3.8) is 0 Å². The fraction of sp³-hybridized carbons (Fsp3) is 0.235. The number of nitrogen functional groups attached to an aromatic ring is 2. The zero-order chi connectivity index (χ0) is 15.2. The first-order valence-electron chi connectivity index (χ1n) is 6.94. The SMILES string of the molecule is Cc1cc(N)c(N)c(C(=O)OCCCc2ccccc2)c1. The second-order valence-electron chi connectivity index (χ2n) is 5.04. The number of anilines is 2. The summed E-state index contributed by atoms with van der Waals surface area (Å²) in [5.41, 5.74) is 14.7. The number of benzene rings is 2. The predicted molar refractivity (Wildman–Crippen MR) is 85.0 cm³/mol. The van der Waals surface area contributed by atoms with Gasteiger partial charge < -0.3 is 16.2 Å². The zero-order valence-electron chi connectivity index (χ0n) is 12.1. The van der Waals surface area contributed by atoms with Crippen molar-refractivity contribution in [2.24, 2.45) is 0 Å². The van der Waals surface area contributed by atoms with Crippen LogP contribution in [0.4, 0.5) is 11.4 Å². The molecule has 21 heavy (non-hydrogen) atoms. The largest absolute Gasteiger partial charge is 0.462 e. The van der Waals surface area contributed by atoms with Crippen molar-refractivity contribution >= 4 is 17.3 Å². The molecule has 0 saturated heterocycles. The molecule has 0 aliphatic carbocycles. The number of carbonyl (C=O) groups excluding carboxylic acids is 1. The van der Waals surface area contributed by atoms with Crippen LogP contribution >= 0.6 is 0 Å². The van der Waals surface area contributed by atoms with Crippen LogP contribution in [0.5, 0.6) is 0 Å². The lowest BCUT2D eigenvalue weighted by Gasteiger charge is -2.10. The maximum atomic E-state index is 12.0. The molecule has 0 amide bonds. The molecular weight excluding hydrogens is 264 g/mol. The van der Waals surface area contributed by atoms with Crippen molar-refractivity contribution in [1.82, 2.24) is 0 Å². The maximum absolute atomic E-state index is 12.0. The molecular formula is C17H20N2O2. The highest BCUT2D eigenvalue weighted by Gasteiger charge is 2.13. The number of rotatable bonds is 5. The first-order valence-corrected chi connectivity index (χ1v) is 6.94. The van der Waals surface area contributed by atoms with Gasteiger partial charge in [-0.15, -0.1) is 0 Å². The first kappa shape index (κ1) is 14.9. The fourth-order valence-corrected chi connectivity index (χ4v) is 2.16. The van der Waals surface area contributed by atoms with Crippen LogP contribution in [0.15, 0.2) is 42.5 Å². The second-order valence-corrected chi connectivity index (χ2v) is 5.04. The van der Waals surface area contributed by atoms with Crippen molar-refractivity contribution in [1.29, 1.82) is 0 Å². The van der Waals surface area contributed by atoms with Gasteiger partial charge in [0.2, 0.25) is 0 Å². The van der Waals surface area contributed by atoms with Gasteiger partial charge in [-0.25, -0.2) is 4.79 Å². The van der Waals surface area contributed by atoms with Crippen LogP contribution in [-0.4, -0.2) is 12.6 Å². The number of ether oxygens (including phenoxy) is 1. The third kappa shape index (κ3) is 3.99. The van der Waals surface area contributed by atoms with Crippen molar-refractivity contribution in [3.05, 3.63) is 59.2 Å². The second kappa shape index (κ2) is 6.79. The first-order chi connectivity index (χ1) is 10.1. The minimum absolute atomic E-state index is 0.286. The molecule has 2 aromatic carbocycles. The molecule has 0 unspecified atom stereocenters. The molecule has 110 valence electrons. The summed E-state index contributed by atoms with van der Waals surface area (Å²) in [5.74, 6) is -0.420. The minimum atomic E-state index is -0.420. The van der Waals surface area contributed by atoms with Crippen LogP contribution in [0, 0.1) is 6.92 Å². The van der Waals surface area contributed by atoms with E-state index in [1.54, 1.807) is 12.1 Å². The summed E-state index contributed by atoms with van der Waals surface area (Å²) in [6.07, 6.45) is 1.65. The molecule has 0 aliphatic rings. The minimum Gasteiger partial charge on any atom is -0.462 e. The summed E-state index contributed by atoms with van der Waals surface area (Å²) in [5, 5.41) is 0. The number of hydrogen-bond acceptors (Lipinski definition) is 4. The van der Waals surface area contributed by atoms with Crippen LogP contribution in [0.25, 0.3) is 0 Å². The van der Waals surface area contributed by atoms with Gasteiger partial charge in [0, 0.05) is 0 Å². The van der Waals surface area contributed by atoms with E-state index in [0.717, 1.165) is 18.4 Å². The Morgan fingerprint density at radius 3 is 2.57 bits per heavy atom. The van der Waals surface area contributed by atoms with Crippen LogP contribution in [0.1, 0.15) is 27.9 Å². The van der Waals surface area contributed by atoms with Crippen LogP contribution in [0.3, 0.4) is 0 Å². The third-order valence-corrected chi connectivity index (χ3v) is 3.26. The van der Waals surface area contributed by atoms with Crippen molar-refractivity contribution in [3.8, 4) is 0 Å². The van der Waals surface area contributed by atoms with Gasteiger partial charge in [-0.05, 0) is 43.0 Å². The molecule has 0 heterocycles. The van der Waals surface area contributed by atoms with E-state index in [-0.39, 0.29) is 5.69 Å². The van der Waals surface area contributed by atoms with Crippen molar-refractivity contribution in [2.45, 2.75) is 19.8 Å². The topological polar surface area (TPSA) is 78.3 Å². The highest BCUT2D eigenvalue weighted by Crippen LogP contribution is 2.22. The van der Waals surface area contributed by atoms with Gasteiger partial charge in [0.1, 0.15) is 0 Å². The van der Waals surface area contributed by atoms with Crippen LogP contribution in [-0.2, 0) is 11.2 Å². The lowest BCUT2D eigenvalue weighted by atomic mass is 10.1. The number of aryl methyl sites for hydroxylation is 2. The summed E-state index contributed by atoms with van der Waals surface area (Å²) >= 11 is 0. The van der Waals surface area contributed by atoms with Crippen LogP contribution in [0.2, 0.25) is 0 Å². The van der Waals surface area contributed by atoms with Gasteiger partial charge in [-0.1, -0.05) is 30.3 Å². The monoisotopic (exact) mass is 284 g/mol. The average molecular weight is 284 g/mol. The quantitative estimate of drug-likeness (QED) is 0.502.